The SMILES string of the molecule is CC(C)CC[C@H]1CCCCN1C(=O)NCc1nnnn1C1CC1. The third kappa shape index (κ3) is 4.20. The van der Waals surface area contributed by atoms with Crippen molar-refractivity contribution in [2.45, 2.75) is 77.4 Å². The number of piperidine rings is 1. The summed E-state index contributed by atoms with van der Waals surface area (Å²) in [6, 6.07) is 0.847. The zero-order chi connectivity index (χ0) is 16.2. The molecule has 0 bridgehead atoms. The summed E-state index contributed by atoms with van der Waals surface area (Å²) in [7, 11) is 0. The average Bonchev–Trinajstić information content (AvgIpc) is 3.29. The van der Waals surface area contributed by atoms with E-state index in [1.165, 1.54) is 12.8 Å². The van der Waals surface area contributed by atoms with E-state index in [9.17, 15) is 4.79 Å². The molecular weight excluding hydrogens is 292 g/mol. The van der Waals surface area contributed by atoms with Crippen LogP contribution in [0.1, 0.15) is 70.7 Å². The molecule has 0 spiro atoms. The van der Waals surface area contributed by atoms with Gasteiger partial charge in [0.15, 0.2) is 5.82 Å². The van der Waals surface area contributed by atoms with Crippen LogP contribution in [0, 0.1) is 5.92 Å². The second-order valence-electron chi connectivity index (χ2n) is 7.24. The minimum Gasteiger partial charge on any atom is -0.331 e. The van der Waals surface area contributed by atoms with Crippen LogP contribution < -0.4 is 5.32 Å². The molecule has 2 amide bonds. The van der Waals surface area contributed by atoms with Crippen LogP contribution in [0.4, 0.5) is 4.79 Å². The first kappa shape index (κ1) is 16.2. The predicted octanol–water partition coefficient (Wildman–Crippen LogP) is 2.51. The van der Waals surface area contributed by atoms with Crippen LogP contribution in [0.3, 0.4) is 0 Å². The molecule has 1 saturated heterocycles. The first-order valence-corrected chi connectivity index (χ1v) is 8.96. The Kier molecular flexibility index (Phi) is 5.13. The quantitative estimate of drug-likeness (QED) is 0.874. The van der Waals surface area contributed by atoms with Crippen LogP contribution in [0.2, 0.25) is 0 Å². The minimum absolute atomic E-state index is 0.0313. The van der Waals surface area contributed by atoms with Gasteiger partial charge in [0.05, 0.1) is 12.6 Å². The number of hydrogen-bond acceptors (Lipinski definition) is 4. The topological polar surface area (TPSA) is 75.9 Å². The summed E-state index contributed by atoms with van der Waals surface area (Å²) in [4.78, 5) is 14.6. The van der Waals surface area contributed by atoms with Crippen LogP contribution in [0.15, 0.2) is 0 Å². The predicted molar refractivity (Wildman–Crippen MR) is 86.7 cm³/mol. The lowest BCUT2D eigenvalue weighted by atomic mass is 9.95. The fraction of sp³-hybridized carbons (Fsp3) is 0.875. The summed E-state index contributed by atoms with van der Waals surface area (Å²) < 4.78 is 1.85. The Morgan fingerprint density at radius 1 is 1.30 bits per heavy atom. The fourth-order valence-corrected chi connectivity index (χ4v) is 3.28. The van der Waals surface area contributed by atoms with E-state index < -0.39 is 0 Å². The van der Waals surface area contributed by atoms with E-state index in [1.54, 1.807) is 0 Å². The Morgan fingerprint density at radius 3 is 2.87 bits per heavy atom. The molecule has 1 aliphatic carbocycles. The van der Waals surface area contributed by atoms with Gasteiger partial charge in [0.1, 0.15) is 0 Å². The number of amides is 2. The van der Waals surface area contributed by atoms with E-state index in [0.29, 0.717) is 24.5 Å². The first-order valence-electron chi connectivity index (χ1n) is 8.96. The summed E-state index contributed by atoms with van der Waals surface area (Å²) in [6.07, 6.45) is 8.00. The molecule has 1 aromatic heterocycles. The van der Waals surface area contributed by atoms with E-state index in [-0.39, 0.29) is 6.03 Å². The average molecular weight is 320 g/mol. The maximum absolute atomic E-state index is 12.6. The molecule has 2 fully saturated rings. The van der Waals surface area contributed by atoms with Gasteiger partial charge in [-0.1, -0.05) is 13.8 Å². The lowest BCUT2D eigenvalue weighted by Crippen LogP contribution is -2.48. The summed E-state index contributed by atoms with van der Waals surface area (Å²) >= 11 is 0. The number of likely N-dealkylation sites (tertiary alicyclic amines) is 1. The fourth-order valence-electron chi connectivity index (χ4n) is 3.28. The van der Waals surface area contributed by atoms with Crippen molar-refractivity contribution in [1.82, 2.24) is 30.4 Å². The Morgan fingerprint density at radius 2 is 2.13 bits per heavy atom. The van der Waals surface area contributed by atoms with Gasteiger partial charge in [-0.25, -0.2) is 9.48 Å². The molecule has 1 atom stereocenters. The van der Waals surface area contributed by atoms with Crippen LogP contribution in [0.5, 0.6) is 0 Å². The second kappa shape index (κ2) is 7.27. The number of urea groups is 1. The van der Waals surface area contributed by atoms with E-state index in [1.807, 2.05) is 9.58 Å². The highest BCUT2D eigenvalue weighted by Crippen LogP contribution is 2.34. The van der Waals surface area contributed by atoms with Gasteiger partial charge >= 0.3 is 6.03 Å². The van der Waals surface area contributed by atoms with Crippen molar-refractivity contribution in [3.8, 4) is 0 Å². The molecule has 3 rings (SSSR count). The standard InChI is InChI=1S/C16H28N6O/c1-12(2)6-7-13-5-3-4-10-21(13)16(23)17-11-15-18-19-20-22(15)14-8-9-14/h12-14H,3-11H2,1-2H3,(H,17,23)/t13-/m1/s1. The molecule has 1 saturated carbocycles. The molecule has 23 heavy (non-hydrogen) atoms. The largest absolute Gasteiger partial charge is 0.331 e. The first-order chi connectivity index (χ1) is 11.1. The Balaban J connectivity index is 1.53. The Hall–Kier alpha value is -1.66. The van der Waals surface area contributed by atoms with Crippen molar-refractivity contribution >= 4 is 6.03 Å². The summed E-state index contributed by atoms with van der Waals surface area (Å²) in [5.41, 5.74) is 0. The number of carbonyl (C=O) groups is 1. The highest BCUT2D eigenvalue weighted by atomic mass is 16.2. The molecule has 1 N–H and O–H groups in total. The molecule has 0 radical (unpaired) electrons. The number of aromatic nitrogens is 4. The van der Waals surface area contributed by atoms with Crippen LogP contribution in [-0.2, 0) is 6.54 Å². The minimum atomic E-state index is 0.0313. The van der Waals surface area contributed by atoms with Crippen molar-refractivity contribution in [2.75, 3.05) is 6.54 Å². The van der Waals surface area contributed by atoms with Gasteiger partial charge < -0.3 is 10.2 Å². The van der Waals surface area contributed by atoms with Crippen molar-refractivity contribution < 1.29 is 4.79 Å². The Labute approximate surface area is 137 Å². The maximum atomic E-state index is 12.6. The van der Waals surface area contributed by atoms with Gasteiger partial charge in [-0.15, -0.1) is 5.10 Å². The number of nitrogens with zero attached hydrogens (tertiary/aromatic N) is 5. The van der Waals surface area contributed by atoms with E-state index in [0.717, 1.165) is 44.5 Å². The van der Waals surface area contributed by atoms with Crippen LogP contribution in [0.25, 0.3) is 0 Å². The zero-order valence-electron chi connectivity index (χ0n) is 14.2. The third-order valence-corrected chi connectivity index (χ3v) is 4.82. The van der Waals surface area contributed by atoms with Gasteiger partial charge in [0, 0.05) is 12.6 Å². The molecule has 1 aromatic rings. The molecule has 7 heteroatoms. The number of carbonyl (C=O) groups excluding carboxylic acids is 1. The third-order valence-electron chi connectivity index (χ3n) is 4.82. The molecule has 1 aliphatic heterocycles. The summed E-state index contributed by atoms with van der Waals surface area (Å²) in [6.45, 7) is 5.76. The molecule has 2 aliphatic rings. The van der Waals surface area contributed by atoms with Crippen molar-refractivity contribution in [2.24, 2.45) is 5.92 Å². The van der Waals surface area contributed by atoms with E-state index in [2.05, 4.69) is 34.7 Å². The van der Waals surface area contributed by atoms with Crippen molar-refractivity contribution in [1.29, 1.82) is 0 Å². The monoisotopic (exact) mass is 320 g/mol. The zero-order valence-corrected chi connectivity index (χ0v) is 14.2. The molecule has 0 unspecified atom stereocenters. The second-order valence-corrected chi connectivity index (χ2v) is 7.24. The number of rotatable bonds is 6. The van der Waals surface area contributed by atoms with Gasteiger partial charge in [0.25, 0.3) is 0 Å². The van der Waals surface area contributed by atoms with Crippen LogP contribution >= 0.6 is 0 Å². The molecular formula is C16H28N6O. The number of hydrogen-bond donors (Lipinski definition) is 1. The van der Waals surface area contributed by atoms with Gasteiger partial charge in [-0.2, -0.15) is 0 Å². The Bertz CT molecular complexity index is 524. The van der Waals surface area contributed by atoms with Crippen molar-refractivity contribution in [3.05, 3.63) is 5.82 Å². The normalized spacial score (nSPS) is 21.7. The molecule has 128 valence electrons. The highest BCUT2D eigenvalue weighted by molar-refractivity contribution is 5.74. The lowest BCUT2D eigenvalue weighted by Gasteiger charge is -2.36. The van der Waals surface area contributed by atoms with Gasteiger partial charge in [-0.3, -0.25) is 0 Å². The summed E-state index contributed by atoms with van der Waals surface area (Å²) in [5.74, 6) is 1.45. The molecule has 7 nitrogen and oxygen atoms in total. The van der Waals surface area contributed by atoms with Gasteiger partial charge in [0.2, 0.25) is 0 Å². The van der Waals surface area contributed by atoms with Crippen LogP contribution in [-0.4, -0.2) is 43.7 Å². The molecule has 2 heterocycles. The highest BCUT2D eigenvalue weighted by Gasteiger charge is 2.29. The van der Waals surface area contributed by atoms with Crippen molar-refractivity contribution in [3.63, 3.8) is 0 Å². The number of nitrogens with one attached hydrogen (secondary N) is 1. The smallest absolute Gasteiger partial charge is 0.318 e. The van der Waals surface area contributed by atoms with E-state index in [4.69, 9.17) is 0 Å². The maximum Gasteiger partial charge on any atom is 0.318 e. The van der Waals surface area contributed by atoms with Gasteiger partial charge in [-0.05, 0) is 61.3 Å². The van der Waals surface area contributed by atoms with E-state index >= 15 is 0 Å². The molecule has 0 aromatic carbocycles. The summed E-state index contributed by atoms with van der Waals surface area (Å²) in [5, 5.41) is 14.8. The number of tetrazole rings is 1. The lowest BCUT2D eigenvalue weighted by molar-refractivity contribution is 0.142.